The highest BCUT2D eigenvalue weighted by atomic mass is 79.9. The Morgan fingerprint density at radius 3 is 2.42 bits per heavy atom. The Morgan fingerprint density at radius 2 is 1.77 bits per heavy atom. The third-order valence-corrected chi connectivity index (χ3v) is 8.36. The second-order valence-electron chi connectivity index (χ2n) is 8.71. The molecule has 4 aromatic rings. The number of esters is 1. The summed E-state index contributed by atoms with van der Waals surface area (Å²) in [4.78, 5) is 33.0. The van der Waals surface area contributed by atoms with E-state index < -0.39 is 12.0 Å². The maximum atomic E-state index is 14.1. The minimum Gasteiger partial charge on any atom is -0.497 e. The van der Waals surface area contributed by atoms with Gasteiger partial charge in [-0.15, -0.1) is 0 Å². The van der Waals surface area contributed by atoms with Crippen molar-refractivity contribution in [3.05, 3.63) is 118 Å². The predicted molar refractivity (Wildman–Crippen MR) is 162 cm³/mol. The van der Waals surface area contributed by atoms with E-state index in [0.29, 0.717) is 37.7 Å². The van der Waals surface area contributed by atoms with E-state index in [2.05, 4.69) is 31.9 Å². The van der Waals surface area contributed by atoms with E-state index in [1.165, 1.54) is 11.3 Å². The van der Waals surface area contributed by atoms with E-state index in [4.69, 9.17) is 19.2 Å². The van der Waals surface area contributed by atoms with Crippen LogP contribution < -0.4 is 24.4 Å². The van der Waals surface area contributed by atoms with Crippen LogP contribution >= 0.6 is 43.2 Å². The third kappa shape index (κ3) is 5.31. The molecule has 204 valence electrons. The highest BCUT2D eigenvalue weighted by Gasteiger charge is 2.35. The van der Waals surface area contributed by atoms with E-state index in [9.17, 15) is 9.59 Å². The van der Waals surface area contributed by atoms with Crippen LogP contribution in [0.25, 0.3) is 11.8 Å². The van der Waals surface area contributed by atoms with Gasteiger partial charge in [0.1, 0.15) is 11.5 Å². The number of fused-ring (bicyclic) bond motifs is 1. The van der Waals surface area contributed by atoms with Crippen LogP contribution in [0.1, 0.15) is 29.7 Å². The number of aromatic nitrogens is 1. The van der Waals surface area contributed by atoms with Crippen molar-refractivity contribution in [2.24, 2.45) is 4.99 Å². The molecule has 0 saturated heterocycles. The summed E-state index contributed by atoms with van der Waals surface area (Å²) in [6.45, 7) is 1.93. The quantitative estimate of drug-likeness (QED) is 0.241. The van der Waals surface area contributed by atoms with E-state index >= 15 is 0 Å². The molecule has 0 radical (unpaired) electrons. The van der Waals surface area contributed by atoms with Gasteiger partial charge in [-0.05, 0) is 58.8 Å². The summed E-state index contributed by atoms with van der Waals surface area (Å²) in [6, 6.07) is 19.7. The zero-order valence-corrected chi connectivity index (χ0v) is 25.8. The van der Waals surface area contributed by atoms with Crippen LogP contribution in [0.2, 0.25) is 0 Å². The average molecular weight is 684 g/mol. The van der Waals surface area contributed by atoms with Crippen LogP contribution in [0.3, 0.4) is 0 Å². The number of nitrogens with zero attached hydrogens (tertiary/aromatic N) is 2. The molecular formula is C30H24Br2N2O5S. The van der Waals surface area contributed by atoms with Gasteiger partial charge in [0.2, 0.25) is 0 Å². The number of halogens is 2. The zero-order chi connectivity index (χ0) is 28.4. The van der Waals surface area contributed by atoms with Crippen LogP contribution in [0.5, 0.6) is 11.5 Å². The predicted octanol–water partition coefficient (Wildman–Crippen LogP) is 5.48. The summed E-state index contributed by atoms with van der Waals surface area (Å²) in [5.41, 5.74) is 2.66. The number of benzene rings is 3. The molecule has 1 aliphatic rings. The molecule has 0 saturated carbocycles. The highest BCUT2D eigenvalue weighted by molar-refractivity contribution is 9.11. The van der Waals surface area contributed by atoms with Crippen molar-refractivity contribution in [2.75, 3.05) is 20.8 Å². The number of carbonyl (C=O) groups excluding carboxylic acids is 1. The van der Waals surface area contributed by atoms with Gasteiger partial charge in [-0.1, -0.05) is 69.7 Å². The molecule has 1 aliphatic heterocycles. The first kappa shape index (κ1) is 28.1. The van der Waals surface area contributed by atoms with Crippen molar-refractivity contribution in [1.82, 2.24) is 4.57 Å². The molecule has 1 aromatic heterocycles. The molecule has 10 heteroatoms. The van der Waals surface area contributed by atoms with E-state index in [1.807, 2.05) is 54.6 Å². The van der Waals surface area contributed by atoms with Crippen LogP contribution in [0.4, 0.5) is 0 Å². The van der Waals surface area contributed by atoms with Gasteiger partial charge in [0.15, 0.2) is 4.80 Å². The first-order chi connectivity index (χ1) is 19.4. The molecule has 0 spiro atoms. The van der Waals surface area contributed by atoms with Crippen molar-refractivity contribution in [2.45, 2.75) is 13.0 Å². The van der Waals surface area contributed by atoms with E-state index in [-0.39, 0.29) is 12.2 Å². The lowest BCUT2D eigenvalue weighted by molar-refractivity contribution is -0.138. The lowest BCUT2D eigenvalue weighted by Gasteiger charge is -2.26. The van der Waals surface area contributed by atoms with Gasteiger partial charge in [-0.3, -0.25) is 9.36 Å². The highest BCUT2D eigenvalue weighted by Crippen LogP contribution is 2.36. The number of ether oxygens (including phenoxy) is 3. The Labute approximate surface area is 251 Å². The van der Waals surface area contributed by atoms with Crippen LogP contribution in [0.15, 0.2) is 91.0 Å². The minimum atomic E-state index is -0.769. The Kier molecular flexibility index (Phi) is 8.39. The van der Waals surface area contributed by atoms with Gasteiger partial charge in [-0.2, -0.15) is 0 Å². The molecule has 0 unspecified atom stereocenters. The Hall–Kier alpha value is -3.47. The van der Waals surface area contributed by atoms with Gasteiger partial charge in [0.25, 0.3) is 5.56 Å². The van der Waals surface area contributed by atoms with Crippen molar-refractivity contribution in [1.29, 1.82) is 0 Å². The van der Waals surface area contributed by atoms with Gasteiger partial charge >= 0.3 is 5.97 Å². The molecule has 5 rings (SSSR count). The molecule has 0 aliphatic carbocycles. The number of methoxy groups -OCH3 is 2. The van der Waals surface area contributed by atoms with Crippen molar-refractivity contribution in [3.8, 4) is 11.5 Å². The van der Waals surface area contributed by atoms with Gasteiger partial charge in [-0.25, -0.2) is 9.79 Å². The van der Waals surface area contributed by atoms with Gasteiger partial charge < -0.3 is 14.2 Å². The summed E-state index contributed by atoms with van der Waals surface area (Å²) in [5, 5.41) is 0. The fourth-order valence-electron chi connectivity index (χ4n) is 4.59. The zero-order valence-electron chi connectivity index (χ0n) is 21.8. The van der Waals surface area contributed by atoms with Gasteiger partial charge in [0, 0.05) is 15.6 Å². The number of hydrogen-bond donors (Lipinski definition) is 0. The molecule has 3 aromatic carbocycles. The first-order valence-corrected chi connectivity index (χ1v) is 14.7. The van der Waals surface area contributed by atoms with Crippen LogP contribution in [-0.4, -0.2) is 31.4 Å². The smallest absolute Gasteiger partial charge is 0.338 e. The summed E-state index contributed by atoms with van der Waals surface area (Å²) in [6.07, 6.45) is 1.78. The molecule has 7 nitrogen and oxygen atoms in total. The Balaban J connectivity index is 1.84. The molecule has 1 atom stereocenters. The average Bonchev–Trinajstić information content (AvgIpc) is 3.27. The topological polar surface area (TPSA) is 79.1 Å². The molecule has 0 amide bonds. The molecule has 0 bridgehead atoms. The number of rotatable bonds is 7. The summed E-state index contributed by atoms with van der Waals surface area (Å²) < 4.78 is 20.0. The lowest BCUT2D eigenvalue weighted by atomic mass is 9.93. The molecular weight excluding hydrogens is 660 g/mol. The molecule has 0 fully saturated rings. The summed E-state index contributed by atoms with van der Waals surface area (Å²) >= 11 is 8.30. The van der Waals surface area contributed by atoms with E-state index in [1.54, 1.807) is 43.9 Å². The number of hydrogen-bond acceptors (Lipinski definition) is 7. The molecule has 2 heterocycles. The van der Waals surface area contributed by atoms with Crippen LogP contribution in [0, 0.1) is 0 Å². The first-order valence-electron chi connectivity index (χ1n) is 12.3. The SMILES string of the molecule is CCOC(=O)C1=C(c2ccccc2)N=c2s/c(=C\c3cc(Br)cc(Br)c3OC)c(=O)n2[C@H]1c1ccc(OC)cc1. The van der Waals surface area contributed by atoms with E-state index in [0.717, 1.165) is 20.1 Å². The number of carbonyl (C=O) groups is 1. The van der Waals surface area contributed by atoms with Crippen molar-refractivity contribution >= 4 is 60.9 Å². The second-order valence-corrected chi connectivity index (χ2v) is 11.5. The third-order valence-electron chi connectivity index (χ3n) is 6.33. The molecule has 40 heavy (non-hydrogen) atoms. The fourth-order valence-corrected chi connectivity index (χ4v) is 7.00. The summed E-state index contributed by atoms with van der Waals surface area (Å²) in [7, 11) is 3.17. The standard InChI is InChI=1S/C30H24Br2N2O5S/c1-4-39-29(36)24-25(17-8-6-5-7-9-17)33-30-34(26(24)18-10-12-21(37-2)13-11-18)28(35)23(40-30)15-19-14-20(31)16-22(32)27(19)38-3/h5-16,26H,4H2,1-3H3/b23-15-/t26-/m0/s1. The van der Waals surface area contributed by atoms with Crippen LogP contribution in [-0.2, 0) is 9.53 Å². The second kappa shape index (κ2) is 12.0. The van der Waals surface area contributed by atoms with Crippen molar-refractivity contribution in [3.63, 3.8) is 0 Å². The Bertz CT molecular complexity index is 1790. The monoisotopic (exact) mass is 682 g/mol. The fraction of sp³-hybridized carbons (Fsp3) is 0.167. The number of thiazole rings is 1. The normalized spacial score (nSPS) is 14.9. The maximum Gasteiger partial charge on any atom is 0.338 e. The van der Waals surface area contributed by atoms with Gasteiger partial charge in [0.05, 0.1) is 47.1 Å². The molecule has 0 N–H and O–H groups in total. The summed E-state index contributed by atoms with van der Waals surface area (Å²) in [5.74, 6) is 0.726. The minimum absolute atomic E-state index is 0.182. The van der Waals surface area contributed by atoms with Crippen molar-refractivity contribution < 1.29 is 19.0 Å². The lowest BCUT2D eigenvalue weighted by Crippen LogP contribution is -2.40. The Morgan fingerprint density at radius 1 is 1.05 bits per heavy atom. The maximum absolute atomic E-state index is 14.1. The largest absolute Gasteiger partial charge is 0.497 e.